The maximum atomic E-state index is 11.3. The molecule has 1 amide bonds. The molecule has 0 aliphatic rings. The third-order valence-corrected chi connectivity index (χ3v) is 3.63. The van der Waals surface area contributed by atoms with Crippen LogP contribution in [0.1, 0.15) is 12.5 Å². The van der Waals surface area contributed by atoms with Crippen LogP contribution < -0.4 is 11.1 Å². The molecular formula is C16H23N3O2. The summed E-state index contributed by atoms with van der Waals surface area (Å²) in [4.78, 5) is 11.3. The van der Waals surface area contributed by atoms with Crippen LogP contribution in [0, 0.1) is 5.92 Å². The lowest BCUT2D eigenvalue weighted by molar-refractivity contribution is -0.121. The first-order valence-electron chi connectivity index (χ1n) is 7.19. The van der Waals surface area contributed by atoms with Gasteiger partial charge >= 0.3 is 0 Å². The molecule has 21 heavy (non-hydrogen) atoms. The zero-order valence-corrected chi connectivity index (χ0v) is 12.6. The first-order valence-corrected chi connectivity index (χ1v) is 7.19. The van der Waals surface area contributed by atoms with E-state index in [1.54, 1.807) is 7.11 Å². The highest BCUT2D eigenvalue weighted by Crippen LogP contribution is 2.22. The quantitative estimate of drug-likeness (QED) is 0.724. The summed E-state index contributed by atoms with van der Waals surface area (Å²) in [6, 6.07) is 8.22. The summed E-state index contributed by atoms with van der Waals surface area (Å²) < 4.78 is 7.14. The Hall–Kier alpha value is -1.85. The SMILES string of the molecule is COCCNCc1cn(CC(C)C(N)=O)c2ccccc12. The molecule has 2 rings (SSSR count). The van der Waals surface area contributed by atoms with Crippen molar-refractivity contribution >= 4 is 16.8 Å². The highest BCUT2D eigenvalue weighted by Gasteiger charge is 2.13. The summed E-state index contributed by atoms with van der Waals surface area (Å²) in [5.41, 5.74) is 7.72. The zero-order chi connectivity index (χ0) is 15.2. The molecule has 1 aromatic heterocycles. The number of fused-ring (bicyclic) bond motifs is 1. The van der Waals surface area contributed by atoms with Crippen LogP contribution >= 0.6 is 0 Å². The van der Waals surface area contributed by atoms with Crippen molar-refractivity contribution in [2.75, 3.05) is 20.3 Å². The van der Waals surface area contributed by atoms with Gasteiger partial charge in [0.05, 0.1) is 12.5 Å². The molecule has 0 radical (unpaired) electrons. The summed E-state index contributed by atoms with van der Waals surface area (Å²) in [5.74, 6) is -0.456. The molecule has 0 saturated carbocycles. The largest absolute Gasteiger partial charge is 0.383 e. The van der Waals surface area contributed by atoms with E-state index in [1.807, 2.05) is 19.1 Å². The highest BCUT2D eigenvalue weighted by molar-refractivity contribution is 5.84. The van der Waals surface area contributed by atoms with E-state index in [0.29, 0.717) is 13.2 Å². The summed E-state index contributed by atoms with van der Waals surface area (Å²) in [6.07, 6.45) is 2.10. The minimum Gasteiger partial charge on any atom is -0.383 e. The first kappa shape index (κ1) is 15.5. The van der Waals surface area contributed by atoms with E-state index >= 15 is 0 Å². The molecule has 0 fully saturated rings. The molecule has 114 valence electrons. The molecule has 1 heterocycles. The second kappa shape index (κ2) is 7.24. The number of ether oxygens (including phenoxy) is 1. The topological polar surface area (TPSA) is 69.3 Å². The number of methoxy groups -OCH3 is 1. The smallest absolute Gasteiger partial charge is 0.222 e. The maximum Gasteiger partial charge on any atom is 0.222 e. The van der Waals surface area contributed by atoms with E-state index in [4.69, 9.17) is 10.5 Å². The number of hydrogen-bond acceptors (Lipinski definition) is 3. The van der Waals surface area contributed by atoms with E-state index in [-0.39, 0.29) is 11.8 Å². The van der Waals surface area contributed by atoms with Gasteiger partial charge in [0.25, 0.3) is 0 Å². The number of nitrogens with one attached hydrogen (secondary N) is 1. The van der Waals surface area contributed by atoms with Gasteiger partial charge in [0.1, 0.15) is 0 Å². The third-order valence-electron chi connectivity index (χ3n) is 3.63. The second-order valence-corrected chi connectivity index (χ2v) is 5.30. The van der Waals surface area contributed by atoms with Crippen LogP contribution in [-0.4, -0.2) is 30.7 Å². The number of primary amides is 1. The average Bonchev–Trinajstić information content (AvgIpc) is 2.82. The summed E-state index contributed by atoms with van der Waals surface area (Å²) in [5, 5.41) is 4.56. The van der Waals surface area contributed by atoms with Crippen LogP contribution in [0.2, 0.25) is 0 Å². The van der Waals surface area contributed by atoms with Gasteiger partial charge in [-0.25, -0.2) is 0 Å². The Morgan fingerprint density at radius 3 is 2.90 bits per heavy atom. The molecule has 3 N–H and O–H groups in total. The lowest BCUT2D eigenvalue weighted by Crippen LogP contribution is -2.24. The molecule has 0 saturated heterocycles. The van der Waals surface area contributed by atoms with Gasteiger partial charge in [0.2, 0.25) is 5.91 Å². The molecular weight excluding hydrogens is 266 g/mol. The fourth-order valence-electron chi connectivity index (χ4n) is 2.40. The fraction of sp³-hybridized carbons (Fsp3) is 0.438. The molecule has 0 aliphatic heterocycles. The number of carbonyl (C=O) groups excluding carboxylic acids is 1. The Balaban J connectivity index is 2.19. The van der Waals surface area contributed by atoms with Crippen molar-refractivity contribution in [3.63, 3.8) is 0 Å². The summed E-state index contributed by atoms with van der Waals surface area (Å²) in [6.45, 7) is 4.74. The first-order chi connectivity index (χ1) is 10.1. The number of rotatable bonds is 8. The predicted octanol–water partition coefficient (Wildman–Crippen LogP) is 1.50. The number of aromatic nitrogens is 1. The van der Waals surface area contributed by atoms with E-state index < -0.39 is 0 Å². The second-order valence-electron chi connectivity index (χ2n) is 5.30. The molecule has 1 atom stereocenters. The van der Waals surface area contributed by atoms with Gasteiger partial charge in [0.15, 0.2) is 0 Å². The standard InChI is InChI=1S/C16H23N3O2/c1-12(16(17)20)10-19-11-13(9-18-7-8-21-2)14-5-3-4-6-15(14)19/h3-6,11-12,18H,7-10H2,1-2H3,(H2,17,20). The van der Waals surface area contributed by atoms with Crippen molar-refractivity contribution in [1.82, 2.24) is 9.88 Å². The Morgan fingerprint density at radius 2 is 2.19 bits per heavy atom. The average molecular weight is 289 g/mol. The molecule has 1 aromatic carbocycles. The Morgan fingerprint density at radius 1 is 1.43 bits per heavy atom. The van der Waals surface area contributed by atoms with Gasteiger partial charge in [0, 0.05) is 43.8 Å². The van der Waals surface area contributed by atoms with Crippen molar-refractivity contribution in [2.45, 2.75) is 20.0 Å². The van der Waals surface area contributed by atoms with Gasteiger partial charge in [-0.3, -0.25) is 4.79 Å². The Kier molecular flexibility index (Phi) is 5.36. The van der Waals surface area contributed by atoms with Gasteiger partial charge in [-0.2, -0.15) is 0 Å². The van der Waals surface area contributed by atoms with Crippen molar-refractivity contribution < 1.29 is 9.53 Å². The van der Waals surface area contributed by atoms with Crippen molar-refractivity contribution in [2.24, 2.45) is 11.7 Å². The molecule has 1 unspecified atom stereocenters. The molecule has 5 nitrogen and oxygen atoms in total. The van der Waals surface area contributed by atoms with Crippen molar-refractivity contribution in [3.05, 3.63) is 36.0 Å². The summed E-state index contributed by atoms with van der Waals surface area (Å²) >= 11 is 0. The maximum absolute atomic E-state index is 11.3. The molecule has 5 heteroatoms. The highest BCUT2D eigenvalue weighted by atomic mass is 16.5. The van der Waals surface area contributed by atoms with E-state index in [0.717, 1.165) is 18.6 Å². The number of hydrogen-bond donors (Lipinski definition) is 2. The molecule has 0 bridgehead atoms. The fourth-order valence-corrected chi connectivity index (χ4v) is 2.40. The lowest BCUT2D eigenvalue weighted by Gasteiger charge is -2.09. The van der Waals surface area contributed by atoms with Crippen LogP contribution in [0.4, 0.5) is 0 Å². The molecule has 2 aromatic rings. The number of benzene rings is 1. The van der Waals surface area contributed by atoms with Gasteiger partial charge in [-0.15, -0.1) is 0 Å². The predicted molar refractivity (Wildman–Crippen MR) is 83.9 cm³/mol. The van der Waals surface area contributed by atoms with Crippen molar-refractivity contribution in [1.29, 1.82) is 0 Å². The zero-order valence-electron chi connectivity index (χ0n) is 12.6. The van der Waals surface area contributed by atoms with Crippen LogP contribution in [0.25, 0.3) is 10.9 Å². The number of para-hydroxylation sites is 1. The van der Waals surface area contributed by atoms with Gasteiger partial charge in [-0.05, 0) is 11.6 Å². The van der Waals surface area contributed by atoms with Crippen LogP contribution in [0.15, 0.2) is 30.5 Å². The summed E-state index contributed by atoms with van der Waals surface area (Å²) in [7, 11) is 1.69. The Labute approximate surface area is 125 Å². The number of carbonyl (C=O) groups is 1. The minimum atomic E-state index is -0.271. The van der Waals surface area contributed by atoms with Gasteiger partial charge in [-0.1, -0.05) is 25.1 Å². The van der Waals surface area contributed by atoms with Crippen LogP contribution in [-0.2, 0) is 22.6 Å². The Bertz CT molecular complexity index is 607. The third kappa shape index (κ3) is 3.83. The minimum absolute atomic E-state index is 0.185. The van der Waals surface area contributed by atoms with E-state index in [1.165, 1.54) is 10.9 Å². The number of amides is 1. The number of nitrogens with two attached hydrogens (primary N) is 1. The number of nitrogens with zero attached hydrogens (tertiary/aromatic N) is 1. The van der Waals surface area contributed by atoms with E-state index in [9.17, 15) is 4.79 Å². The molecule has 0 aliphatic carbocycles. The van der Waals surface area contributed by atoms with E-state index in [2.05, 4.69) is 28.2 Å². The van der Waals surface area contributed by atoms with Crippen molar-refractivity contribution in [3.8, 4) is 0 Å². The monoisotopic (exact) mass is 289 g/mol. The molecule has 0 spiro atoms. The van der Waals surface area contributed by atoms with Crippen LogP contribution in [0.3, 0.4) is 0 Å². The van der Waals surface area contributed by atoms with Gasteiger partial charge < -0.3 is 20.4 Å². The lowest BCUT2D eigenvalue weighted by atomic mass is 10.1. The normalized spacial score (nSPS) is 12.7. The van der Waals surface area contributed by atoms with Crippen LogP contribution in [0.5, 0.6) is 0 Å².